The van der Waals surface area contributed by atoms with Crippen molar-refractivity contribution in [1.82, 2.24) is 4.98 Å². The van der Waals surface area contributed by atoms with Crippen molar-refractivity contribution < 1.29 is 14.3 Å². The van der Waals surface area contributed by atoms with Crippen LogP contribution in [0.2, 0.25) is 5.02 Å². The van der Waals surface area contributed by atoms with Crippen LogP contribution in [-0.4, -0.2) is 31.7 Å². The fourth-order valence-corrected chi connectivity index (χ4v) is 2.31. The van der Waals surface area contributed by atoms with E-state index in [1.807, 2.05) is 6.07 Å². The molecule has 0 radical (unpaired) electrons. The van der Waals surface area contributed by atoms with Gasteiger partial charge in [0.2, 0.25) is 0 Å². The lowest BCUT2D eigenvalue weighted by molar-refractivity contribution is 0.102. The number of methoxy groups -OCH3 is 2. The van der Waals surface area contributed by atoms with Gasteiger partial charge in [-0.15, -0.1) is 0 Å². The highest BCUT2D eigenvalue weighted by Gasteiger charge is 2.14. The third-order valence-electron chi connectivity index (χ3n) is 3.29. The summed E-state index contributed by atoms with van der Waals surface area (Å²) in [5, 5.41) is 6.39. The molecule has 2 rings (SSSR count). The Morgan fingerprint density at radius 2 is 1.96 bits per heavy atom. The molecule has 0 spiro atoms. The Morgan fingerprint density at radius 3 is 2.62 bits per heavy atom. The van der Waals surface area contributed by atoms with Crippen LogP contribution in [0.5, 0.6) is 11.5 Å². The number of pyridine rings is 1. The van der Waals surface area contributed by atoms with Gasteiger partial charge < -0.3 is 20.1 Å². The normalized spacial score (nSPS) is 10.2. The van der Waals surface area contributed by atoms with E-state index in [1.54, 1.807) is 24.4 Å². The van der Waals surface area contributed by atoms with E-state index in [1.165, 1.54) is 14.2 Å². The minimum Gasteiger partial charge on any atom is -0.495 e. The van der Waals surface area contributed by atoms with Crippen molar-refractivity contribution in [2.75, 3.05) is 31.4 Å². The number of hydrogen-bond donors (Lipinski definition) is 2. The van der Waals surface area contributed by atoms with Crippen molar-refractivity contribution in [3.8, 4) is 11.5 Å². The topological polar surface area (TPSA) is 72.5 Å². The quantitative estimate of drug-likeness (QED) is 0.794. The van der Waals surface area contributed by atoms with Gasteiger partial charge in [0.15, 0.2) is 0 Å². The van der Waals surface area contributed by atoms with Crippen LogP contribution in [0.3, 0.4) is 0 Å². The van der Waals surface area contributed by atoms with E-state index in [0.717, 1.165) is 18.7 Å². The highest BCUT2D eigenvalue weighted by molar-refractivity contribution is 6.32. The third kappa shape index (κ3) is 4.29. The van der Waals surface area contributed by atoms with Crippen LogP contribution in [0.25, 0.3) is 0 Å². The van der Waals surface area contributed by atoms with Crippen LogP contribution < -0.4 is 20.1 Å². The molecule has 0 atom stereocenters. The Kier molecular flexibility index (Phi) is 6.26. The number of carbonyl (C=O) groups is 1. The number of nitrogens with one attached hydrogen (secondary N) is 2. The molecule has 128 valence electrons. The zero-order valence-electron chi connectivity index (χ0n) is 13.9. The summed E-state index contributed by atoms with van der Waals surface area (Å²) < 4.78 is 10.4. The summed E-state index contributed by atoms with van der Waals surface area (Å²) in [4.78, 5) is 16.6. The zero-order valence-corrected chi connectivity index (χ0v) is 14.6. The van der Waals surface area contributed by atoms with Crippen LogP contribution in [0.4, 0.5) is 11.4 Å². The second-order valence-corrected chi connectivity index (χ2v) is 5.40. The Bertz CT molecular complexity index is 722. The number of nitrogens with zero attached hydrogens (tertiary/aromatic N) is 1. The second-order valence-electron chi connectivity index (χ2n) is 5.00. The summed E-state index contributed by atoms with van der Waals surface area (Å²) in [6.07, 6.45) is 2.58. The molecule has 0 bridgehead atoms. The van der Waals surface area contributed by atoms with Crippen molar-refractivity contribution in [2.45, 2.75) is 13.3 Å². The zero-order chi connectivity index (χ0) is 17.5. The van der Waals surface area contributed by atoms with Gasteiger partial charge in [-0.1, -0.05) is 18.5 Å². The van der Waals surface area contributed by atoms with Gasteiger partial charge in [0, 0.05) is 30.6 Å². The first-order valence-corrected chi connectivity index (χ1v) is 7.89. The summed E-state index contributed by atoms with van der Waals surface area (Å²) in [6.45, 7) is 2.90. The van der Waals surface area contributed by atoms with Gasteiger partial charge in [0.1, 0.15) is 17.2 Å². The summed E-state index contributed by atoms with van der Waals surface area (Å²) in [5.74, 6) is 0.534. The number of ether oxygens (including phenoxy) is 2. The number of amides is 1. The van der Waals surface area contributed by atoms with Crippen molar-refractivity contribution in [2.24, 2.45) is 0 Å². The number of rotatable bonds is 7. The summed E-state index contributed by atoms with van der Waals surface area (Å²) in [7, 11) is 3.01. The van der Waals surface area contributed by atoms with E-state index in [2.05, 4.69) is 22.5 Å². The van der Waals surface area contributed by atoms with Crippen LogP contribution in [0.1, 0.15) is 23.8 Å². The molecular weight excluding hydrogens is 330 g/mol. The molecule has 0 aliphatic rings. The molecule has 0 saturated heterocycles. The van der Waals surface area contributed by atoms with E-state index in [0.29, 0.717) is 27.9 Å². The molecule has 1 amide bonds. The van der Waals surface area contributed by atoms with Gasteiger partial charge >= 0.3 is 0 Å². The van der Waals surface area contributed by atoms with Gasteiger partial charge in [0.25, 0.3) is 5.91 Å². The van der Waals surface area contributed by atoms with E-state index >= 15 is 0 Å². The van der Waals surface area contributed by atoms with E-state index in [4.69, 9.17) is 21.1 Å². The fraction of sp³-hybridized carbons (Fsp3) is 0.294. The molecule has 1 aromatic carbocycles. The number of carbonyl (C=O) groups excluding carboxylic acids is 1. The Hall–Kier alpha value is -2.47. The maximum Gasteiger partial charge on any atom is 0.274 e. The molecule has 0 aliphatic carbocycles. The van der Waals surface area contributed by atoms with Crippen LogP contribution in [0, 0.1) is 0 Å². The van der Waals surface area contributed by atoms with Crippen LogP contribution in [-0.2, 0) is 0 Å². The van der Waals surface area contributed by atoms with Gasteiger partial charge in [-0.25, -0.2) is 0 Å². The maximum atomic E-state index is 12.5. The van der Waals surface area contributed by atoms with Gasteiger partial charge in [-0.3, -0.25) is 9.78 Å². The van der Waals surface area contributed by atoms with Crippen LogP contribution >= 0.6 is 11.6 Å². The number of benzene rings is 1. The highest BCUT2D eigenvalue weighted by atomic mass is 35.5. The second kappa shape index (κ2) is 8.40. The molecule has 2 N–H and O–H groups in total. The summed E-state index contributed by atoms with van der Waals surface area (Å²) >= 11 is 6.06. The van der Waals surface area contributed by atoms with E-state index < -0.39 is 0 Å². The lowest BCUT2D eigenvalue weighted by Crippen LogP contribution is -2.15. The summed E-state index contributed by atoms with van der Waals surface area (Å²) in [5.41, 5.74) is 1.60. The predicted molar refractivity (Wildman–Crippen MR) is 95.5 cm³/mol. The number of hydrogen-bond acceptors (Lipinski definition) is 5. The predicted octanol–water partition coefficient (Wildman–Crippen LogP) is 3.83. The molecule has 0 fully saturated rings. The third-order valence-corrected chi connectivity index (χ3v) is 3.59. The molecule has 0 unspecified atom stereocenters. The first-order valence-electron chi connectivity index (χ1n) is 7.51. The van der Waals surface area contributed by atoms with Crippen molar-refractivity contribution in [3.05, 3.63) is 41.2 Å². The average molecular weight is 350 g/mol. The fourth-order valence-electron chi connectivity index (χ4n) is 2.08. The van der Waals surface area contributed by atoms with Gasteiger partial charge in [-0.2, -0.15) is 0 Å². The summed E-state index contributed by atoms with van der Waals surface area (Å²) in [6, 6.07) is 6.71. The van der Waals surface area contributed by atoms with Crippen LogP contribution in [0.15, 0.2) is 30.5 Å². The SMILES string of the molecule is CCCNc1ccnc(C(=O)Nc2cc(OC)c(Cl)cc2OC)c1. The largest absolute Gasteiger partial charge is 0.495 e. The molecule has 1 heterocycles. The monoisotopic (exact) mass is 349 g/mol. The highest BCUT2D eigenvalue weighted by Crippen LogP contribution is 2.36. The molecule has 2 aromatic rings. The molecule has 1 aromatic heterocycles. The lowest BCUT2D eigenvalue weighted by atomic mass is 10.2. The number of halogens is 1. The molecule has 7 heteroatoms. The molecule has 24 heavy (non-hydrogen) atoms. The Labute approximate surface area is 146 Å². The van der Waals surface area contributed by atoms with Gasteiger partial charge in [-0.05, 0) is 18.6 Å². The minimum atomic E-state index is -0.349. The van der Waals surface area contributed by atoms with Crippen molar-refractivity contribution in [3.63, 3.8) is 0 Å². The Morgan fingerprint density at radius 1 is 1.21 bits per heavy atom. The van der Waals surface area contributed by atoms with E-state index in [9.17, 15) is 4.79 Å². The maximum absolute atomic E-state index is 12.5. The standard InChI is InChI=1S/C17H20ClN3O3/c1-4-6-19-11-5-7-20-14(8-11)17(22)21-13-10-15(23-2)12(18)9-16(13)24-3/h5,7-10H,4,6H2,1-3H3,(H,19,20)(H,21,22). The smallest absolute Gasteiger partial charge is 0.274 e. The molecule has 6 nitrogen and oxygen atoms in total. The minimum absolute atomic E-state index is 0.298. The molecule has 0 saturated carbocycles. The average Bonchev–Trinajstić information content (AvgIpc) is 2.61. The van der Waals surface area contributed by atoms with Crippen molar-refractivity contribution >= 4 is 28.9 Å². The Balaban J connectivity index is 2.23. The van der Waals surface area contributed by atoms with E-state index in [-0.39, 0.29) is 5.91 Å². The molecular formula is C17H20ClN3O3. The molecule has 0 aliphatic heterocycles. The lowest BCUT2D eigenvalue weighted by Gasteiger charge is -2.13. The number of anilines is 2. The number of aromatic nitrogens is 1. The first kappa shape index (κ1) is 17.9. The first-order chi connectivity index (χ1) is 11.6. The van der Waals surface area contributed by atoms with Gasteiger partial charge in [0.05, 0.1) is 24.9 Å². The van der Waals surface area contributed by atoms with Crippen molar-refractivity contribution in [1.29, 1.82) is 0 Å².